The number of nitro benzene ring substituents is 1. The first-order valence-electron chi connectivity index (χ1n) is 7.78. The van der Waals surface area contributed by atoms with E-state index in [4.69, 9.17) is 0 Å². The second-order valence-electron chi connectivity index (χ2n) is 5.67. The predicted molar refractivity (Wildman–Crippen MR) is 97.4 cm³/mol. The topological polar surface area (TPSA) is 79.3 Å². The van der Waals surface area contributed by atoms with Gasteiger partial charge in [0.15, 0.2) is 0 Å². The first-order valence-corrected chi connectivity index (χ1v) is 7.78. The summed E-state index contributed by atoms with van der Waals surface area (Å²) in [4.78, 5) is 15.0. The molecule has 1 aliphatic heterocycles. The van der Waals surface area contributed by atoms with Gasteiger partial charge in [0.05, 0.1) is 22.3 Å². The Morgan fingerprint density at radius 2 is 2.12 bits per heavy atom. The second-order valence-corrected chi connectivity index (χ2v) is 5.67. The van der Waals surface area contributed by atoms with Gasteiger partial charge in [-0.25, -0.2) is 0 Å². The normalized spacial score (nSPS) is 13.0. The zero-order valence-electron chi connectivity index (χ0n) is 13.6. The largest absolute Gasteiger partial charge is 0.270 e. The molecule has 0 unspecified atom stereocenters. The van der Waals surface area contributed by atoms with Gasteiger partial charge in [0, 0.05) is 23.9 Å². The highest BCUT2D eigenvalue weighted by molar-refractivity contribution is 6.13. The number of benzene rings is 2. The van der Waals surface area contributed by atoms with Gasteiger partial charge in [0.2, 0.25) is 0 Å². The van der Waals surface area contributed by atoms with Crippen molar-refractivity contribution in [1.82, 2.24) is 0 Å². The van der Waals surface area contributed by atoms with E-state index >= 15 is 0 Å². The maximum absolute atomic E-state index is 10.9. The molecule has 2 aromatic rings. The van der Waals surface area contributed by atoms with Crippen LogP contribution in [0.15, 0.2) is 59.7 Å². The minimum Gasteiger partial charge on any atom is -0.258 e. The van der Waals surface area contributed by atoms with Gasteiger partial charge in [-0.1, -0.05) is 30.4 Å². The Kier molecular flexibility index (Phi) is 4.53. The molecule has 0 spiro atoms. The van der Waals surface area contributed by atoms with Crippen LogP contribution in [0.1, 0.15) is 27.8 Å². The Hall–Kier alpha value is -3.52. The highest BCUT2D eigenvalue weighted by Gasteiger charge is 2.14. The number of nitro groups is 1. The Bertz CT molecular complexity index is 979. The molecular formula is C20H15N3O2. The molecule has 0 saturated carbocycles. The molecule has 122 valence electrons. The molecule has 0 N–H and O–H groups in total. The lowest BCUT2D eigenvalue weighted by atomic mass is 9.92. The third-order valence-electron chi connectivity index (χ3n) is 4.10. The van der Waals surface area contributed by atoms with Crippen molar-refractivity contribution < 1.29 is 4.92 Å². The molecule has 1 heterocycles. The number of hydrogen-bond acceptors (Lipinski definition) is 4. The fourth-order valence-corrected chi connectivity index (χ4v) is 2.84. The number of nitriles is 1. The van der Waals surface area contributed by atoms with E-state index in [-0.39, 0.29) is 5.69 Å². The summed E-state index contributed by atoms with van der Waals surface area (Å²) >= 11 is 0. The van der Waals surface area contributed by atoms with Crippen molar-refractivity contribution in [3.05, 3.63) is 92.7 Å². The lowest BCUT2D eigenvalue weighted by Crippen LogP contribution is -2.05. The van der Waals surface area contributed by atoms with Crippen molar-refractivity contribution in [2.24, 2.45) is 4.99 Å². The molecule has 5 nitrogen and oxygen atoms in total. The molecule has 1 aliphatic rings. The quantitative estimate of drug-likeness (QED) is 0.620. The van der Waals surface area contributed by atoms with E-state index in [1.807, 2.05) is 31.2 Å². The Morgan fingerprint density at radius 3 is 2.88 bits per heavy atom. The zero-order valence-corrected chi connectivity index (χ0v) is 13.6. The molecule has 0 saturated heterocycles. The van der Waals surface area contributed by atoms with Crippen LogP contribution in [-0.4, -0.2) is 10.6 Å². The van der Waals surface area contributed by atoms with E-state index in [1.165, 1.54) is 12.1 Å². The van der Waals surface area contributed by atoms with Crippen molar-refractivity contribution in [3.8, 4) is 6.07 Å². The van der Waals surface area contributed by atoms with Crippen LogP contribution in [0.25, 0.3) is 6.08 Å². The number of nitrogens with zero attached hydrogens (tertiary/aromatic N) is 3. The third kappa shape index (κ3) is 3.38. The van der Waals surface area contributed by atoms with Crippen LogP contribution < -0.4 is 0 Å². The number of fused-ring (bicyclic) bond motifs is 1. The SMILES string of the molecule is Cc1c(C#N)ccc2c1C(/C=C/c1cccc([N+](=O)[O-])c1)=NC=CC2. The lowest BCUT2D eigenvalue weighted by Gasteiger charge is -2.11. The van der Waals surface area contributed by atoms with Crippen molar-refractivity contribution in [3.63, 3.8) is 0 Å². The Labute approximate surface area is 145 Å². The molecule has 5 heteroatoms. The first-order chi connectivity index (χ1) is 12.1. The van der Waals surface area contributed by atoms with E-state index in [0.717, 1.165) is 34.4 Å². The van der Waals surface area contributed by atoms with Crippen LogP contribution in [0.4, 0.5) is 5.69 Å². The summed E-state index contributed by atoms with van der Waals surface area (Å²) in [5.41, 5.74) is 5.08. The molecule has 0 aromatic heterocycles. The molecule has 0 aliphatic carbocycles. The Balaban J connectivity index is 2.03. The molecule has 0 fully saturated rings. The van der Waals surface area contributed by atoms with Gasteiger partial charge in [-0.15, -0.1) is 0 Å². The number of rotatable bonds is 3. The summed E-state index contributed by atoms with van der Waals surface area (Å²) < 4.78 is 0. The lowest BCUT2D eigenvalue weighted by molar-refractivity contribution is -0.384. The summed E-state index contributed by atoms with van der Waals surface area (Å²) in [5, 5.41) is 20.2. The van der Waals surface area contributed by atoms with E-state index in [1.54, 1.807) is 24.4 Å². The summed E-state index contributed by atoms with van der Waals surface area (Å²) in [6, 6.07) is 12.4. The maximum Gasteiger partial charge on any atom is 0.270 e. The summed E-state index contributed by atoms with van der Waals surface area (Å²) in [5.74, 6) is 0. The molecule has 0 radical (unpaired) electrons. The van der Waals surface area contributed by atoms with Crippen LogP contribution in [0.5, 0.6) is 0 Å². The first kappa shape index (κ1) is 16.3. The molecule has 0 bridgehead atoms. The molecule has 2 aromatic carbocycles. The highest BCUT2D eigenvalue weighted by Crippen LogP contribution is 2.23. The molecule has 0 atom stereocenters. The fourth-order valence-electron chi connectivity index (χ4n) is 2.84. The van der Waals surface area contributed by atoms with Crippen LogP contribution in [0.2, 0.25) is 0 Å². The molecular weight excluding hydrogens is 314 g/mol. The van der Waals surface area contributed by atoms with E-state index in [0.29, 0.717) is 5.56 Å². The zero-order chi connectivity index (χ0) is 17.8. The smallest absolute Gasteiger partial charge is 0.258 e. The standard InChI is InChI=1S/C20H15N3O2/c1-14-17(13-21)9-8-16-5-3-11-22-19(20(14)16)10-7-15-4-2-6-18(12-15)23(24)25/h2-4,6-12H,5H2,1H3/b10-7+. The van der Waals surface area contributed by atoms with Crippen LogP contribution in [0.3, 0.4) is 0 Å². The molecule has 0 amide bonds. The summed E-state index contributed by atoms with van der Waals surface area (Å²) in [6.45, 7) is 1.92. The average Bonchev–Trinajstić information content (AvgIpc) is 2.83. The fraction of sp³-hybridized carbons (Fsp3) is 0.100. The number of non-ortho nitro benzene ring substituents is 1. The highest BCUT2D eigenvalue weighted by atomic mass is 16.6. The second kappa shape index (κ2) is 6.93. The summed E-state index contributed by atoms with van der Waals surface area (Å²) in [6.07, 6.45) is 8.10. The van der Waals surface area contributed by atoms with E-state index < -0.39 is 4.92 Å². The molecule has 3 rings (SSSR count). The van der Waals surface area contributed by atoms with Crippen molar-refractivity contribution >= 4 is 17.5 Å². The minimum absolute atomic E-state index is 0.0493. The van der Waals surface area contributed by atoms with Gasteiger partial charge in [0.25, 0.3) is 5.69 Å². The van der Waals surface area contributed by atoms with E-state index in [2.05, 4.69) is 11.1 Å². The van der Waals surface area contributed by atoms with Gasteiger partial charge < -0.3 is 0 Å². The number of allylic oxidation sites excluding steroid dienone is 2. The number of hydrogen-bond donors (Lipinski definition) is 0. The average molecular weight is 329 g/mol. The Morgan fingerprint density at radius 1 is 1.28 bits per heavy atom. The van der Waals surface area contributed by atoms with Crippen molar-refractivity contribution in [2.75, 3.05) is 0 Å². The van der Waals surface area contributed by atoms with Crippen LogP contribution >= 0.6 is 0 Å². The van der Waals surface area contributed by atoms with Crippen molar-refractivity contribution in [2.45, 2.75) is 13.3 Å². The van der Waals surface area contributed by atoms with Gasteiger partial charge in [0.1, 0.15) is 0 Å². The van der Waals surface area contributed by atoms with Gasteiger partial charge in [-0.3, -0.25) is 15.1 Å². The van der Waals surface area contributed by atoms with Gasteiger partial charge in [-0.05, 0) is 42.2 Å². The van der Waals surface area contributed by atoms with Crippen LogP contribution in [-0.2, 0) is 6.42 Å². The maximum atomic E-state index is 10.9. The third-order valence-corrected chi connectivity index (χ3v) is 4.10. The monoisotopic (exact) mass is 329 g/mol. The summed E-state index contributed by atoms with van der Waals surface area (Å²) in [7, 11) is 0. The van der Waals surface area contributed by atoms with E-state index in [9.17, 15) is 15.4 Å². The van der Waals surface area contributed by atoms with Gasteiger partial charge >= 0.3 is 0 Å². The number of aliphatic imine (C=N–C) groups is 1. The van der Waals surface area contributed by atoms with Gasteiger partial charge in [-0.2, -0.15) is 5.26 Å². The predicted octanol–water partition coefficient (Wildman–Crippen LogP) is 4.35. The minimum atomic E-state index is -0.415. The molecule has 25 heavy (non-hydrogen) atoms. The van der Waals surface area contributed by atoms with Crippen molar-refractivity contribution in [1.29, 1.82) is 5.26 Å². The van der Waals surface area contributed by atoms with Crippen LogP contribution in [0, 0.1) is 28.4 Å².